The number of amides is 3. The first-order valence-electron chi connectivity index (χ1n) is 9.20. The standard InChI is InChI=1S/C21H28N4O3/c1-5-15-8-6-7-9-18(15)24-21(27)23-16-10-11-19(25(2)3)17(14-16)20(26)22-12-13-28-4/h6-11,14H,5,12-13H2,1-4H3,(H,22,26)(H2,23,24,27). The first-order chi connectivity index (χ1) is 13.5. The number of carbonyl (C=O) groups excluding carboxylic acids is 2. The topological polar surface area (TPSA) is 82.7 Å². The molecule has 2 rings (SSSR count). The number of para-hydroxylation sites is 1. The fraction of sp³-hybridized carbons (Fsp3) is 0.333. The number of urea groups is 1. The van der Waals surface area contributed by atoms with Crippen LogP contribution in [-0.2, 0) is 11.2 Å². The van der Waals surface area contributed by atoms with Gasteiger partial charge in [-0.2, -0.15) is 0 Å². The van der Waals surface area contributed by atoms with Gasteiger partial charge in [0.1, 0.15) is 0 Å². The molecule has 0 saturated carbocycles. The lowest BCUT2D eigenvalue weighted by Crippen LogP contribution is -2.29. The van der Waals surface area contributed by atoms with Gasteiger partial charge in [-0.05, 0) is 36.2 Å². The summed E-state index contributed by atoms with van der Waals surface area (Å²) < 4.78 is 4.97. The van der Waals surface area contributed by atoms with E-state index in [1.807, 2.05) is 50.2 Å². The average Bonchev–Trinajstić information content (AvgIpc) is 2.68. The number of methoxy groups -OCH3 is 1. The second-order valence-electron chi connectivity index (χ2n) is 6.46. The lowest BCUT2D eigenvalue weighted by atomic mass is 10.1. The number of nitrogens with zero attached hydrogens (tertiary/aromatic N) is 1. The lowest BCUT2D eigenvalue weighted by molar-refractivity contribution is 0.0937. The zero-order chi connectivity index (χ0) is 20.5. The highest BCUT2D eigenvalue weighted by molar-refractivity contribution is 6.04. The van der Waals surface area contributed by atoms with E-state index in [0.29, 0.717) is 24.4 Å². The summed E-state index contributed by atoms with van der Waals surface area (Å²) >= 11 is 0. The van der Waals surface area contributed by atoms with Crippen LogP contribution in [0.3, 0.4) is 0 Å². The van der Waals surface area contributed by atoms with E-state index in [-0.39, 0.29) is 11.9 Å². The van der Waals surface area contributed by atoms with Gasteiger partial charge in [0.2, 0.25) is 0 Å². The summed E-state index contributed by atoms with van der Waals surface area (Å²) in [5.74, 6) is -0.221. The van der Waals surface area contributed by atoms with E-state index in [4.69, 9.17) is 4.74 Å². The zero-order valence-corrected chi connectivity index (χ0v) is 16.8. The molecule has 0 unspecified atom stereocenters. The van der Waals surface area contributed by atoms with Crippen LogP contribution in [0.15, 0.2) is 42.5 Å². The summed E-state index contributed by atoms with van der Waals surface area (Å²) in [5, 5.41) is 8.47. The molecular formula is C21H28N4O3. The molecule has 7 nitrogen and oxygen atoms in total. The lowest BCUT2D eigenvalue weighted by Gasteiger charge is -2.19. The van der Waals surface area contributed by atoms with Crippen LogP contribution in [0.5, 0.6) is 0 Å². The van der Waals surface area contributed by atoms with Crippen LogP contribution in [0.4, 0.5) is 21.9 Å². The number of carbonyl (C=O) groups is 2. The molecule has 0 radical (unpaired) electrons. The summed E-state index contributed by atoms with van der Waals surface area (Å²) in [4.78, 5) is 26.8. The molecule has 3 amide bonds. The Bertz CT molecular complexity index is 821. The van der Waals surface area contributed by atoms with Gasteiger partial charge in [0, 0.05) is 44.8 Å². The van der Waals surface area contributed by atoms with Crippen LogP contribution < -0.4 is 20.9 Å². The Morgan fingerprint density at radius 1 is 1.07 bits per heavy atom. The minimum absolute atomic E-state index is 0.221. The van der Waals surface area contributed by atoms with Crippen LogP contribution in [0.1, 0.15) is 22.8 Å². The maximum atomic E-state index is 12.5. The number of benzene rings is 2. The van der Waals surface area contributed by atoms with Crippen LogP contribution in [0.25, 0.3) is 0 Å². The van der Waals surface area contributed by atoms with Gasteiger partial charge in [0.15, 0.2) is 0 Å². The summed E-state index contributed by atoms with van der Waals surface area (Å²) in [6.45, 7) is 2.88. The molecule has 0 heterocycles. The maximum absolute atomic E-state index is 12.5. The number of nitrogens with one attached hydrogen (secondary N) is 3. The molecule has 3 N–H and O–H groups in total. The van der Waals surface area contributed by atoms with Gasteiger partial charge in [-0.25, -0.2) is 4.79 Å². The minimum Gasteiger partial charge on any atom is -0.383 e. The Labute approximate surface area is 166 Å². The number of anilines is 3. The maximum Gasteiger partial charge on any atom is 0.323 e. The fourth-order valence-electron chi connectivity index (χ4n) is 2.78. The smallest absolute Gasteiger partial charge is 0.323 e. The summed E-state index contributed by atoms with van der Waals surface area (Å²) in [6, 6.07) is 12.5. The normalized spacial score (nSPS) is 10.3. The van der Waals surface area contributed by atoms with E-state index >= 15 is 0 Å². The average molecular weight is 384 g/mol. The molecule has 0 fully saturated rings. The zero-order valence-electron chi connectivity index (χ0n) is 16.8. The van der Waals surface area contributed by atoms with Crippen LogP contribution >= 0.6 is 0 Å². The highest BCUT2D eigenvalue weighted by Gasteiger charge is 2.15. The Hall–Kier alpha value is -3.06. The number of rotatable bonds is 8. The third-order valence-corrected chi connectivity index (χ3v) is 4.22. The van der Waals surface area contributed by atoms with Gasteiger partial charge in [-0.3, -0.25) is 4.79 Å². The second kappa shape index (κ2) is 10.3. The molecule has 0 saturated heterocycles. The van der Waals surface area contributed by atoms with Crippen molar-refractivity contribution in [3.05, 3.63) is 53.6 Å². The Balaban J connectivity index is 2.15. The second-order valence-corrected chi connectivity index (χ2v) is 6.46. The number of aryl methyl sites for hydroxylation is 1. The van der Waals surface area contributed by atoms with Gasteiger partial charge in [-0.15, -0.1) is 0 Å². The summed E-state index contributed by atoms with van der Waals surface area (Å²) in [6.07, 6.45) is 0.819. The molecule has 0 aromatic heterocycles. The number of hydrogen-bond donors (Lipinski definition) is 3. The predicted molar refractivity (Wildman–Crippen MR) is 113 cm³/mol. The van der Waals surface area contributed by atoms with Crippen molar-refractivity contribution in [2.75, 3.05) is 49.9 Å². The highest BCUT2D eigenvalue weighted by atomic mass is 16.5. The summed E-state index contributed by atoms with van der Waals surface area (Å²) in [7, 11) is 5.31. The summed E-state index contributed by atoms with van der Waals surface area (Å²) in [5.41, 5.74) is 3.60. The minimum atomic E-state index is -0.357. The predicted octanol–water partition coefficient (Wildman–Crippen LogP) is 3.34. The molecule has 2 aromatic rings. The van der Waals surface area contributed by atoms with E-state index in [1.54, 1.807) is 25.3 Å². The van der Waals surface area contributed by atoms with Gasteiger partial charge in [0.05, 0.1) is 12.2 Å². The van der Waals surface area contributed by atoms with Crippen molar-refractivity contribution in [3.63, 3.8) is 0 Å². The van der Waals surface area contributed by atoms with E-state index < -0.39 is 0 Å². The quantitative estimate of drug-likeness (QED) is 0.610. The van der Waals surface area contributed by atoms with Crippen molar-refractivity contribution in [3.8, 4) is 0 Å². The Morgan fingerprint density at radius 3 is 2.50 bits per heavy atom. The molecule has 2 aromatic carbocycles. The molecule has 0 bridgehead atoms. The molecule has 0 atom stereocenters. The molecule has 0 aliphatic rings. The van der Waals surface area contributed by atoms with Crippen molar-refractivity contribution in [2.24, 2.45) is 0 Å². The van der Waals surface area contributed by atoms with Crippen LogP contribution in [-0.4, -0.2) is 46.3 Å². The third-order valence-electron chi connectivity index (χ3n) is 4.22. The molecule has 0 aliphatic heterocycles. The first-order valence-corrected chi connectivity index (χ1v) is 9.20. The molecule has 150 valence electrons. The Kier molecular flexibility index (Phi) is 7.83. The Morgan fingerprint density at radius 2 is 1.82 bits per heavy atom. The molecule has 0 aliphatic carbocycles. The van der Waals surface area contributed by atoms with Crippen molar-refractivity contribution in [2.45, 2.75) is 13.3 Å². The number of ether oxygens (including phenoxy) is 1. The van der Waals surface area contributed by atoms with E-state index in [1.165, 1.54) is 0 Å². The van der Waals surface area contributed by atoms with Crippen molar-refractivity contribution < 1.29 is 14.3 Å². The van der Waals surface area contributed by atoms with Crippen LogP contribution in [0.2, 0.25) is 0 Å². The van der Waals surface area contributed by atoms with E-state index in [0.717, 1.165) is 23.4 Å². The number of hydrogen-bond acceptors (Lipinski definition) is 4. The van der Waals surface area contributed by atoms with Gasteiger partial charge < -0.3 is 25.6 Å². The van der Waals surface area contributed by atoms with Crippen molar-refractivity contribution in [1.82, 2.24) is 5.32 Å². The molecule has 7 heteroatoms. The molecule has 28 heavy (non-hydrogen) atoms. The van der Waals surface area contributed by atoms with Gasteiger partial charge in [-0.1, -0.05) is 25.1 Å². The van der Waals surface area contributed by atoms with Crippen molar-refractivity contribution >= 4 is 29.0 Å². The van der Waals surface area contributed by atoms with E-state index in [9.17, 15) is 9.59 Å². The highest BCUT2D eigenvalue weighted by Crippen LogP contribution is 2.23. The van der Waals surface area contributed by atoms with Crippen LogP contribution in [0, 0.1) is 0 Å². The van der Waals surface area contributed by atoms with E-state index in [2.05, 4.69) is 16.0 Å². The molecular weight excluding hydrogens is 356 g/mol. The van der Waals surface area contributed by atoms with Crippen molar-refractivity contribution in [1.29, 1.82) is 0 Å². The fourth-order valence-corrected chi connectivity index (χ4v) is 2.78. The largest absolute Gasteiger partial charge is 0.383 e. The SMILES string of the molecule is CCc1ccccc1NC(=O)Nc1ccc(N(C)C)c(C(=O)NCCOC)c1. The first kappa shape index (κ1) is 21.2. The molecule has 0 spiro atoms. The van der Waals surface area contributed by atoms with Gasteiger partial charge in [0.25, 0.3) is 5.91 Å². The third kappa shape index (κ3) is 5.72. The monoisotopic (exact) mass is 384 g/mol. The van der Waals surface area contributed by atoms with Gasteiger partial charge >= 0.3 is 6.03 Å².